The Morgan fingerprint density at radius 3 is 2.29 bits per heavy atom. The molecule has 0 radical (unpaired) electrons. The lowest BCUT2D eigenvalue weighted by atomic mass is 9.86. The number of ether oxygens (including phenoxy) is 4. The van der Waals surface area contributed by atoms with E-state index in [1.54, 1.807) is 20.3 Å². The summed E-state index contributed by atoms with van der Waals surface area (Å²) in [6.45, 7) is 1.84. The van der Waals surface area contributed by atoms with E-state index in [0.29, 0.717) is 51.0 Å². The van der Waals surface area contributed by atoms with Gasteiger partial charge in [-0.3, -0.25) is 19.8 Å². The maximum absolute atomic E-state index is 11.6. The van der Waals surface area contributed by atoms with Crippen LogP contribution in [-0.4, -0.2) is 90.2 Å². The highest BCUT2D eigenvalue weighted by Crippen LogP contribution is 2.51. The lowest BCUT2D eigenvalue weighted by Crippen LogP contribution is -2.48. The lowest BCUT2D eigenvalue weighted by molar-refractivity contribution is -0.923. The summed E-state index contributed by atoms with van der Waals surface area (Å²) in [6, 6.07) is 28.0. The number of methoxy groups -OCH3 is 2. The van der Waals surface area contributed by atoms with Gasteiger partial charge in [-0.25, -0.2) is 5.43 Å². The molecule has 4 N–H and O–H groups in total. The largest absolute Gasteiger partial charge is 0.508 e. The van der Waals surface area contributed by atoms with E-state index in [4.69, 9.17) is 28.5 Å². The molecule has 10 rings (SSSR count). The Balaban J connectivity index is 0.000000241. The number of hydrogen-bond acceptors (Lipinski definition) is 13. The fourth-order valence-corrected chi connectivity index (χ4v) is 8.61. The van der Waals surface area contributed by atoms with Gasteiger partial charge in [-0.2, -0.15) is 5.10 Å². The number of nitro groups is 1. The third kappa shape index (κ3) is 9.39. The maximum atomic E-state index is 11.6. The van der Waals surface area contributed by atoms with Crippen LogP contribution in [0.5, 0.6) is 51.7 Å². The molecule has 5 aromatic carbocycles. The molecule has 4 aliphatic heterocycles. The number of nitrogens with zero attached hydrogens (tertiary/aromatic N) is 4. The fourth-order valence-electron chi connectivity index (χ4n) is 8.61. The molecule has 4 aliphatic rings. The first-order valence-corrected chi connectivity index (χ1v) is 21.0. The fraction of sp³-hybridized carbons (Fsp3) is 0.265. The number of carbonyl (C=O) groups excluding carboxylic acids is 1. The molecule has 0 fully saturated rings. The van der Waals surface area contributed by atoms with Crippen molar-refractivity contribution in [2.75, 3.05) is 48.5 Å². The van der Waals surface area contributed by atoms with E-state index in [1.165, 1.54) is 53.1 Å². The summed E-state index contributed by atoms with van der Waals surface area (Å²) < 4.78 is 30.0. The predicted octanol–water partition coefficient (Wildman–Crippen LogP) is 8.36. The first-order valence-electron chi connectivity index (χ1n) is 21.0. The van der Waals surface area contributed by atoms with E-state index in [2.05, 4.69) is 60.8 Å². The van der Waals surface area contributed by atoms with Crippen molar-refractivity contribution >= 4 is 18.0 Å². The highest BCUT2D eigenvalue weighted by atomic mass is 16.6. The second-order valence-corrected chi connectivity index (χ2v) is 16.8. The molecule has 0 saturated heterocycles. The second-order valence-electron chi connectivity index (χ2n) is 16.8. The van der Waals surface area contributed by atoms with E-state index in [1.807, 2.05) is 30.3 Å². The van der Waals surface area contributed by atoms with Crippen molar-refractivity contribution in [2.24, 2.45) is 5.10 Å². The van der Waals surface area contributed by atoms with Crippen molar-refractivity contribution in [1.82, 2.24) is 10.3 Å². The Labute approximate surface area is 375 Å². The molecule has 16 nitrogen and oxygen atoms in total. The summed E-state index contributed by atoms with van der Waals surface area (Å²) in [5, 5.41) is 45.5. The Hall–Kier alpha value is -7.56. The highest BCUT2D eigenvalue weighted by Gasteiger charge is 2.41. The van der Waals surface area contributed by atoms with E-state index >= 15 is 0 Å². The number of hydrazone groups is 1. The highest BCUT2D eigenvalue weighted by molar-refractivity contribution is 5.94. The van der Waals surface area contributed by atoms with E-state index in [9.17, 15) is 25.1 Å². The SMILES string of the molecule is COc1cc2c3cc1Oc1cc(ccc1O)C[C@@H]1c4c(cc(OC)c(O)c4Oc4ccc(cc4)C[C@@H]3N(C)CC2)CC[N+]1(C)C.O=C(N/N=C/c1ccc([N+](=O)[O-])o1)c1ccc(O)cc1. The third-order valence-corrected chi connectivity index (χ3v) is 12.3. The second kappa shape index (κ2) is 18.3. The number of quaternary nitrogens is 1. The van der Waals surface area contributed by atoms with Gasteiger partial charge in [0.15, 0.2) is 40.3 Å². The van der Waals surface area contributed by atoms with Crippen LogP contribution in [0.15, 0.2) is 107 Å². The van der Waals surface area contributed by atoms with Crippen LogP contribution in [0, 0.1) is 10.1 Å². The first-order chi connectivity index (χ1) is 31.2. The molecule has 0 aliphatic carbocycles. The standard InChI is InChI=1S/C37H40N2O6.C12H9N3O5/c1-38-14-12-24-19-32(42-4)33-21-27(24)28(38)16-22-6-9-26(10-7-22)44-37-35-25(20-34(43-5)36(37)41)13-15-39(2,3)29(35)17-23-8-11-30(40)31(18-23)45-33;16-9-3-1-8(2-4-9)12(17)14-13-7-10-5-6-11(20-10)15(18)19/h6-11,18-21,28-29H,12-17H2,1-5H3,(H-,40,41);1-7,16H,(H,14,17)/p+1/b;13-7+/t28-,29+;/m0./s1. The van der Waals surface area contributed by atoms with Crippen LogP contribution in [0.2, 0.25) is 0 Å². The minimum absolute atomic E-state index is 0.00157. The minimum atomic E-state index is -0.674. The van der Waals surface area contributed by atoms with Crippen molar-refractivity contribution in [3.8, 4) is 51.7 Å². The molecule has 0 saturated carbocycles. The van der Waals surface area contributed by atoms with Crippen LogP contribution in [0.4, 0.5) is 5.88 Å². The van der Waals surface area contributed by atoms with Gasteiger partial charge in [-0.05, 0) is 121 Å². The topological polar surface area (TPSA) is 199 Å². The lowest BCUT2D eigenvalue weighted by Gasteiger charge is -2.43. The van der Waals surface area contributed by atoms with Crippen LogP contribution in [0.3, 0.4) is 0 Å². The van der Waals surface area contributed by atoms with Crippen LogP contribution >= 0.6 is 0 Å². The number of benzene rings is 5. The molecule has 336 valence electrons. The molecule has 1 aromatic heterocycles. The summed E-state index contributed by atoms with van der Waals surface area (Å²) in [5.74, 6) is 2.44. The van der Waals surface area contributed by atoms with Crippen LogP contribution in [-0.2, 0) is 25.7 Å². The van der Waals surface area contributed by atoms with Gasteiger partial charge in [0.2, 0.25) is 5.75 Å². The van der Waals surface area contributed by atoms with Gasteiger partial charge in [0.05, 0.1) is 52.7 Å². The zero-order valence-corrected chi connectivity index (χ0v) is 36.6. The molecule has 6 aromatic rings. The molecule has 16 heteroatoms. The monoisotopic (exact) mass is 884 g/mol. The number of carbonyl (C=O) groups is 1. The molecule has 0 spiro atoms. The summed E-state index contributed by atoms with van der Waals surface area (Å²) in [4.78, 5) is 23.7. The molecule has 6 bridgehead atoms. The van der Waals surface area contributed by atoms with Gasteiger partial charge in [-0.1, -0.05) is 18.2 Å². The summed E-state index contributed by atoms with van der Waals surface area (Å²) in [7, 11) is 9.80. The van der Waals surface area contributed by atoms with E-state index in [0.717, 1.165) is 55.3 Å². The number of likely N-dealkylation sites (N-methyl/N-ethyl adjacent to an activating group) is 2. The number of furan rings is 1. The van der Waals surface area contributed by atoms with Crippen LogP contribution in [0.25, 0.3) is 0 Å². The average molecular weight is 885 g/mol. The Bertz CT molecular complexity index is 2770. The number of hydrogen-bond donors (Lipinski definition) is 4. The first kappa shape index (κ1) is 44.1. The summed E-state index contributed by atoms with van der Waals surface area (Å²) in [6.07, 6.45) is 4.30. The Kier molecular flexibility index (Phi) is 12.4. The van der Waals surface area contributed by atoms with Gasteiger partial charge in [0, 0.05) is 31.0 Å². The number of rotatable bonds is 6. The number of phenols is 3. The third-order valence-electron chi connectivity index (χ3n) is 12.3. The van der Waals surface area contributed by atoms with Crippen LogP contribution < -0.4 is 24.4 Å². The number of aromatic hydroxyl groups is 3. The molecule has 65 heavy (non-hydrogen) atoms. The summed E-state index contributed by atoms with van der Waals surface area (Å²) >= 11 is 0. The molecule has 1 amide bonds. The van der Waals surface area contributed by atoms with Crippen molar-refractivity contribution in [3.05, 3.63) is 152 Å². The Morgan fingerprint density at radius 2 is 1.58 bits per heavy atom. The molecular weight excluding hydrogens is 835 g/mol. The predicted molar refractivity (Wildman–Crippen MR) is 241 cm³/mol. The van der Waals surface area contributed by atoms with Crippen molar-refractivity contribution < 1.29 is 52.9 Å². The zero-order valence-electron chi connectivity index (χ0n) is 36.6. The molecule has 2 atom stereocenters. The number of fused-ring (bicyclic) bond motifs is 2. The maximum Gasteiger partial charge on any atom is 0.433 e. The average Bonchev–Trinajstić information content (AvgIpc) is 3.77. The molecule has 5 heterocycles. The van der Waals surface area contributed by atoms with Crippen molar-refractivity contribution in [1.29, 1.82) is 0 Å². The zero-order chi connectivity index (χ0) is 46.0. The number of phenolic OH excluding ortho intramolecular Hbond substituents is 3. The van der Waals surface area contributed by atoms with Gasteiger partial charge in [0.25, 0.3) is 5.91 Å². The van der Waals surface area contributed by atoms with Crippen LogP contribution in [0.1, 0.15) is 61.6 Å². The number of amides is 1. The quantitative estimate of drug-likeness (QED) is 0.0540. The van der Waals surface area contributed by atoms with E-state index in [-0.39, 0.29) is 35.1 Å². The molecule has 0 unspecified atom stereocenters. The van der Waals surface area contributed by atoms with Gasteiger partial charge >= 0.3 is 5.88 Å². The number of nitrogens with one attached hydrogen (secondary N) is 1. The van der Waals surface area contributed by atoms with Gasteiger partial charge < -0.3 is 43.2 Å². The van der Waals surface area contributed by atoms with Gasteiger partial charge in [0.1, 0.15) is 22.5 Å². The van der Waals surface area contributed by atoms with Crippen molar-refractivity contribution in [2.45, 2.75) is 37.8 Å². The van der Waals surface area contributed by atoms with E-state index < -0.39 is 16.7 Å². The van der Waals surface area contributed by atoms with Gasteiger partial charge in [-0.15, -0.1) is 0 Å². The normalized spacial score (nSPS) is 17.2. The van der Waals surface area contributed by atoms with Crippen molar-refractivity contribution in [3.63, 3.8) is 0 Å². The smallest absolute Gasteiger partial charge is 0.433 e. The Morgan fingerprint density at radius 1 is 0.862 bits per heavy atom. The molecular formula is C49H50N5O11+. The minimum Gasteiger partial charge on any atom is -0.508 e. The summed E-state index contributed by atoms with van der Waals surface area (Å²) in [5.41, 5.74) is 9.20.